The Bertz CT molecular complexity index is 3450. The first-order valence-corrected chi connectivity index (χ1v) is 21.6. The number of benzene rings is 3. The number of hydrogen-bond acceptors (Lipinski definition) is 10. The van der Waals surface area contributed by atoms with Crippen LogP contribution in [0.2, 0.25) is 0 Å². The third-order valence-electron chi connectivity index (χ3n) is 10.7. The van der Waals surface area contributed by atoms with Crippen molar-refractivity contribution in [1.82, 2.24) is 38.7 Å². The van der Waals surface area contributed by atoms with Crippen molar-refractivity contribution >= 4 is 17.2 Å². The summed E-state index contributed by atoms with van der Waals surface area (Å²) >= 11 is 0. The first-order valence-electron chi connectivity index (χ1n) is 21.6. The molecule has 71 heavy (non-hydrogen) atoms. The molecule has 0 amide bonds. The van der Waals surface area contributed by atoms with Gasteiger partial charge in [-0.3, -0.25) is 8.80 Å². The van der Waals surface area contributed by atoms with Gasteiger partial charge in [0.1, 0.15) is 11.3 Å². The van der Waals surface area contributed by atoms with Crippen molar-refractivity contribution in [3.05, 3.63) is 189 Å². The maximum absolute atomic E-state index is 13.5. The van der Waals surface area contributed by atoms with Crippen LogP contribution < -0.4 is 10.1 Å². The first kappa shape index (κ1) is 48.5. The third kappa shape index (κ3) is 11.3. The van der Waals surface area contributed by atoms with E-state index in [9.17, 15) is 26.3 Å². The Morgan fingerprint density at radius 3 is 1.61 bits per heavy atom. The number of halogens is 6. The van der Waals surface area contributed by atoms with Gasteiger partial charge in [-0.2, -0.15) is 31.3 Å². The van der Waals surface area contributed by atoms with E-state index in [2.05, 4.69) is 55.3 Å². The van der Waals surface area contributed by atoms with Crippen LogP contribution in [0, 0.1) is 0 Å². The molecule has 0 saturated carbocycles. The van der Waals surface area contributed by atoms with Crippen molar-refractivity contribution in [2.24, 2.45) is 10.2 Å². The molecule has 0 saturated heterocycles. The van der Waals surface area contributed by atoms with Crippen molar-refractivity contribution in [2.45, 2.75) is 58.4 Å². The van der Waals surface area contributed by atoms with E-state index in [-0.39, 0.29) is 36.8 Å². The smallest absolute Gasteiger partial charge is 0.416 e. The molecule has 9 rings (SSSR count). The van der Waals surface area contributed by atoms with E-state index in [0.717, 1.165) is 29.8 Å². The molecule has 22 heteroatoms. The fourth-order valence-electron chi connectivity index (χ4n) is 7.49. The van der Waals surface area contributed by atoms with Gasteiger partial charge in [-0.15, -0.1) is 0 Å². The molecule has 9 aromatic rings. The quantitative estimate of drug-likeness (QED) is 0.0508. The van der Waals surface area contributed by atoms with E-state index in [1.165, 1.54) is 18.3 Å². The fourth-order valence-corrected chi connectivity index (χ4v) is 7.49. The molecule has 358 valence electrons. The molecule has 0 aliphatic carbocycles. The molecule has 1 atom stereocenters. The van der Waals surface area contributed by atoms with Gasteiger partial charge in [0.05, 0.1) is 70.5 Å². The van der Waals surface area contributed by atoms with E-state index in [1.807, 2.05) is 51.1 Å². The van der Waals surface area contributed by atoms with Crippen molar-refractivity contribution in [1.29, 1.82) is 0 Å². The molecule has 0 aliphatic rings. The predicted molar refractivity (Wildman–Crippen MR) is 253 cm³/mol. The van der Waals surface area contributed by atoms with E-state index < -0.39 is 23.5 Å². The summed E-state index contributed by atoms with van der Waals surface area (Å²) in [6.07, 6.45) is -2.60. The number of pyridine rings is 2. The van der Waals surface area contributed by atoms with Crippen LogP contribution in [0.25, 0.3) is 77.5 Å². The van der Waals surface area contributed by atoms with Gasteiger partial charge in [-0.1, -0.05) is 64.8 Å². The Hall–Kier alpha value is -9.00. The number of alkyl halides is 6. The summed E-state index contributed by atoms with van der Waals surface area (Å²) in [5.74, 6) is 0.365. The van der Waals surface area contributed by atoms with Gasteiger partial charge in [-0.05, 0) is 109 Å². The lowest BCUT2D eigenvalue weighted by atomic mass is 10.0. The number of aromatic nitrogens is 8. The molecule has 0 radical (unpaired) electrons. The van der Waals surface area contributed by atoms with E-state index >= 15 is 0 Å². The number of hydrogen-bond donors (Lipinski definition) is 1. The Morgan fingerprint density at radius 2 is 1.11 bits per heavy atom. The normalized spacial score (nSPS) is 11.9. The molecule has 1 N–H and O–H groups in total. The van der Waals surface area contributed by atoms with Crippen LogP contribution in [0.15, 0.2) is 150 Å². The molecule has 0 unspecified atom stereocenters. The van der Waals surface area contributed by atoms with Gasteiger partial charge in [0.25, 0.3) is 0 Å². The van der Waals surface area contributed by atoms with Crippen LogP contribution in [-0.4, -0.2) is 44.8 Å². The summed E-state index contributed by atoms with van der Waals surface area (Å²) in [5, 5.41) is 10.4. The maximum atomic E-state index is 13.5. The van der Waals surface area contributed by atoms with Crippen LogP contribution in [0.1, 0.15) is 54.6 Å². The zero-order valence-electron chi connectivity index (χ0n) is 37.8. The van der Waals surface area contributed by atoms with Crippen LogP contribution in [-0.2, 0) is 25.4 Å². The van der Waals surface area contributed by atoms with Gasteiger partial charge >= 0.3 is 18.4 Å². The second-order valence-corrected chi connectivity index (χ2v) is 16.0. The summed E-state index contributed by atoms with van der Waals surface area (Å²) in [5.41, 5.74) is 22.2. The average molecular weight is 968 g/mol. The van der Waals surface area contributed by atoms with Crippen LogP contribution in [0.5, 0.6) is 6.01 Å². The van der Waals surface area contributed by atoms with Gasteiger partial charge in [0.2, 0.25) is 5.95 Å². The molecule has 0 bridgehead atoms. The minimum Gasteiger partial charge on any atom is -0.461 e. The summed E-state index contributed by atoms with van der Waals surface area (Å²) in [7, 11) is 0. The van der Waals surface area contributed by atoms with E-state index in [4.69, 9.17) is 15.8 Å². The Morgan fingerprint density at radius 1 is 0.606 bits per heavy atom. The van der Waals surface area contributed by atoms with Crippen molar-refractivity contribution < 1.29 is 31.1 Å². The van der Waals surface area contributed by atoms with Crippen molar-refractivity contribution in [2.75, 3.05) is 5.32 Å². The van der Waals surface area contributed by atoms with Crippen molar-refractivity contribution in [3.8, 4) is 51.3 Å². The predicted octanol–water partition coefficient (Wildman–Crippen LogP) is 13.5. The number of azide groups is 2. The number of nitrogens with one attached hydrogen (secondary N) is 1. The maximum Gasteiger partial charge on any atom is 0.416 e. The summed E-state index contributed by atoms with van der Waals surface area (Å²) in [4.78, 5) is 32.4. The lowest BCUT2D eigenvalue weighted by molar-refractivity contribution is -0.138. The van der Waals surface area contributed by atoms with E-state index in [1.54, 1.807) is 75.9 Å². The minimum absolute atomic E-state index is 0.0835. The first-order chi connectivity index (χ1) is 34.1. The van der Waals surface area contributed by atoms with Gasteiger partial charge in [-0.25, -0.2) is 24.9 Å². The van der Waals surface area contributed by atoms with Gasteiger partial charge in [0.15, 0.2) is 0 Å². The molecular formula is C49H39F6N15O. The lowest BCUT2D eigenvalue weighted by Crippen LogP contribution is -2.09. The van der Waals surface area contributed by atoms with Gasteiger partial charge < -0.3 is 10.1 Å². The highest BCUT2D eigenvalue weighted by molar-refractivity contribution is 5.82. The summed E-state index contributed by atoms with van der Waals surface area (Å²) in [6, 6.07) is 30.2. The number of ether oxygens (including phenoxy) is 1. The number of nitrogens with zero attached hydrogens (tertiary/aromatic N) is 14. The Balaban J connectivity index is 0.000000192. The highest BCUT2D eigenvalue weighted by Crippen LogP contribution is 2.38. The fraction of sp³-hybridized carbons (Fsp3) is 0.184. The molecule has 6 aromatic heterocycles. The minimum atomic E-state index is -4.50. The summed E-state index contributed by atoms with van der Waals surface area (Å²) < 4.78 is 89.6. The highest BCUT2D eigenvalue weighted by atomic mass is 19.4. The third-order valence-corrected chi connectivity index (χ3v) is 10.7. The SMILES string of the molecule is CC(C)Oc1nccc(-c2c(-c3cccc(C(F)(F)F)c3)nc3cc(CN=[N+]=[N-])ccn23)n1.C[C@H](Nc1nccc(-c2c(-c3cccc(C(F)(F)F)c3)nc3cc(CN=[N+]=[N-])ccn23)n1)c1ccccc1. The second kappa shape index (κ2) is 20.7. The summed E-state index contributed by atoms with van der Waals surface area (Å²) in [6.45, 7) is 5.90. The van der Waals surface area contributed by atoms with E-state index in [0.29, 0.717) is 68.1 Å². The van der Waals surface area contributed by atoms with Crippen LogP contribution >= 0.6 is 0 Å². The Kier molecular flexibility index (Phi) is 14.1. The largest absolute Gasteiger partial charge is 0.461 e. The highest BCUT2D eigenvalue weighted by Gasteiger charge is 2.32. The molecular weight excluding hydrogens is 929 g/mol. The Labute approximate surface area is 400 Å². The number of rotatable bonds is 13. The zero-order chi connectivity index (χ0) is 50.3. The zero-order valence-corrected chi connectivity index (χ0v) is 37.8. The molecule has 0 aliphatic heterocycles. The van der Waals surface area contributed by atoms with Crippen molar-refractivity contribution in [3.63, 3.8) is 0 Å². The molecule has 0 spiro atoms. The lowest BCUT2D eigenvalue weighted by Gasteiger charge is -2.15. The van der Waals surface area contributed by atoms with Crippen LogP contribution in [0.4, 0.5) is 32.3 Å². The molecule has 16 nitrogen and oxygen atoms in total. The second-order valence-electron chi connectivity index (χ2n) is 16.0. The molecule has 6 heterocycles. The number of anilines is 1. The standard InChI is InChI=1S/C27H21F3N8.C22H18F3N7O/c1-17(19-6-3-2-4-7-19)34-26-32-12-10-22(35-26)25-24(20-8-5-9-21(15-20)27(28,29)30)36-23-14-18(16-33-37-31)11-13-38(23)25;1-13(2)33-21-27-8-6-17(29-21)20-19(15-4-3-5-16(11-15)22(23,24)25)30-18-10-14(12-28-31-26)7-9-32(18)20/h2-15,17H,16H2,1H3,(H,32,34,35);3-11,13H,12H2,1-2H3/t17-;/m0./s1. The molecule has 3 aromatic carbocycles. The monoisotopic (exact) mass is 967 g/mol. The number of imidazole rings is 2. The average Bonchev–Trinajstić information content (AvgIpc) is 3.94. The number of fused-ring (bicyclic) bond motifs is 2. The van der Waals surface area contributed by atoms with Crippen LogP contribution in [0.3, 0.4) is 0 Å². The van der Waals surface area contributed by atoms with Gasteiger partial charge in [0, 0.05) is 45.7 Å². The molecule has 0 fully saturated rings. The topological polar surface area (TPSA) is 205 Å².